The summed E-state index contributed by atoms with van der Waals surface area (Å²) < 4.78 is 0. The van der Waals surface area contributed by atoms with E-state index in [9.17, 15) is 5.11 Å². The molecule has 2 atom stereocenters. The van der Waals surface area contributed by atoms with Gasteiger partial charge in [-0.15, -0.1) is 0 Å². The second-order valence-corrected chi connectivity index (χ2v) is 5.64. The number of aromatic nitrogens is 1. The molecule has 2 heterocycles. The van der Waals surface area contributed by atoms with E-state index in [0.717, 1.165) is 11.4 Å². The van der Waals surface area contributed by atoms with Crippen LogP contribution in [-0.2, 0) is 0 Å². The van der Waals surface area contributed by atoms with Gasteiger partial charge in [0.2, 0.25) is 0 Å². The van der Waals surface area contributed by atoms with E-state index in [2.05, 4.69) is 23.0 Å². The SMILES string of the molecule is CC[C@@H](O)c1ccc(N(C)C2CCSC2)cn1. The van der Waals surface area contributed by atoms with Gasteiger partial charge in [-0.3, -0.25) is 4.98 Å². The van der Waals surface area contributed by atoms with Crippen LogP contribution in [0.25, 0.3) is 0 Å². The predicted molar refractivity (Wildman–Crippen MR) is 73.6 cm³/mol. The average molecular weight is 252 g/mol. The summed E-state index contributed by atoms with van der Waals surface area (Å²) in [4.78, 5) is 6.64. The Balaban J connectivity index is 2.06. The number of aliphatic hydroxyl groups is 1. The summed E-state index contributed by atoms with van der Waals surface area (Å²) in [6.07, 6.45) is 3.40. The van der Waals surface area contributed by atoms with Crippen LogP contribution in [0, 0.1) is 0 Å². The van der Waals surface area contributed by atoms with E-state index in [1.807, 2.05) is 30.9 Å². The molecule has 1 aromatic rings. The zero-order valence-electron chi connectivity index (χ0n) is 10.5. The molecule has 0 saturated carbocycles. The third-order valence-electron chi connectivity index (χ3n) is 3.36. The van der Waals surface area contributed by atoms with Gasteiger partial charge in [-0.05, 0) is 30.7 Å². The van der Waals surface area contributed by atoms with Crippen LogP contribution < -0.4 is 4.90 Å². The van der Waals surface area contributed by atoms with Gasteiger partial charge >= 0.3 is 0 Å². The second-order valence-electron chi connectivity index (χ2n) is 4.49. The van der Waals surface area contributed by atoms with Gasteiger partial charge in [0.15, 0.2) is 0 Å². The number of rotatable bonds is 4. The average Bonchev–Trinajstić information content (AvgIpc) is 2.91. The summed E-state index contributed by atoms with van der Waals surface area (Å²) in [7, 11) is 2.13. The van der Waals surface area contributed by atoms with Crippen LogP contribution in [0.2, 0.25) is 0 Å². The highest BCUT2D eigenvalue weighted by Gasteiger charge is 2.20. The molecule has 4 heteroatoms. The van der Waals surface area contributed by atoms with E-state index >= 15 is 0 Å². The number of hydrogen-bond donors (Lipinski definition) is 1. The van der Waals surface area contributed by atoms with Crippen molar-refractivity contribution >= 4 is 17.4 Å². The molecule has 0 aromatic carbocycles. The maximum atomic E-state index is 9.69. The summed E-state index contributed by atoms with van der Waals surface area (Å²) in [5.41, 5.74) is 1.91. The lowest BCUT2D eigenvalue weighted by molar-refractivity contribution is 0.169. The molecular weight excluding hydrogens is 232 g/mol. The molecule has 0 bridgehead atoms. The molecule has 0 spiro atoms. The first-order valence-electron chi connectivity index (χ1n) is 6.17. The first-order valence-corrected chi connectivity index (χ1v) is 7.32. The first-order chi connectivity index (χ1) is 8.22. The maximum absolute atomic E-state index is 9.69. The largest absolute Gasteiger partial charge is 0.387 e. The molecule has 0 radical (unpaired) electrons. The maximum Gasteiger partial charge on any atom is 0.0957 e. The van der Waals surface area contributed by atoms with Crippen molar-refractivity contribution in [2.45, 2.75) is 31.9 Å². The van der Waals surface area contributed by atoms with Crippen molar-refractivity contribution in [2.75, 3.05) is 23.5 Å². The fourth-order valence-corrected chi connectivity index (χ4v) is 3.32. The van der Waals surface area contributed by atoms with Crippen molar-refractivity contribution in [3.8, 4) is 0 Å². The van der Waals surface area contributed by atoms with Gasteiger partial charge in [-0.2, -0.15) is 11.8 Å². The Morgan fingerprint density at radius 3 is 2.94 bits per heavy atom. The van der Waals surface area contributed by atoms with Crippen molar-refractivity contribution in [2.24, 2.45) is 0 Å². The lowest BCUT2D eigenvalue weighted by atomic mass is 10.1. The lowest BCUT2D eigenvalue weighted by Gasteiger charge is -2.25. The van der Waals surface area contributed by atoms with Crippen LogP contribution in [0.5, 0.6) is 0 Å². The number of anilines is 1. The highest BCUT2D eigenvalue weighted by molar-refractivity contribution is 7.99. The van der Waals surface area contributed by atoms with E-state index in [-0.39, 0.29) is 0 Å². The quantitative estimate of drug-likeness (QED) is 0.893. The van der Waals surface area contributed by atoms with Crippen molar-refractivity contribution < 1.29 is 5.11 Å². The Kier molecular flexibility index (Phi) is 4.29. The van der Waals surface area contributed by atoms with Crippen LogP contribution in [0.3, 0.4) is 0 Å². The molecule has 3 nitrogen and oxygen atoms in total. The molecule has 1 fully saturated rings. The Morgan fingerprint density at radius 2 is 2.41 bits per heavy atom. The summed E-state index contributed by atoms with van der Waals surface area (Å²) in [6.45, 7) is 1.96. The highest BCUT2D eigenvalue weighted by atomic mass is 32.2. The lowest BCUT2D eigenvalue weighted by Crippen LogP contribution is -2.31. The molecule has 0 aliphatic carbocycles. The van der Waals surface area contributed by atoms with Crippen LogP contribution >= 0.6 is 11.8 Å². The predicted octanol–water partition coefficient (Wildman–Crippen LogP) is 2.47. The molecule has 17 heavy (non-hydrogen) atoms. The van der Waals surface area contributed by atoms with Crippen molar-refractivity contribution in [3.05, 3.63) is 24.0 Å². The summed E-state index contributed by atoms with van der Waals surface area (Å²) in [5.74, 6) is 2.46. The Bertz CT molecular complexity index is 349. The molecule has 1 aromatic heterocycles. The fourth-order valence-electron chi connectivity index (χ4n) is 2.05. The minimum atomic E-state index is -0.434. The zero-order valence-corrected chi connectivity index (χ0v) is 11.3. The standard InChI is InChI=1S/C13H20N2OS/c1-3-13(16)12-5-4-10(8-14-12)15(2)11-6-7-17-9-11/h4-5,8,11,13,16H,3,6-7,9H2,1-2H3/t11?,13-/m1/s1. The summed E-state index contributed by atoms with van der Waals surface area (Å²) in [5, 5.41) is 9.69. The molecule has 94 valence electrons. The Labute approximate surface area is 107 Å². The van der Waals surface area contributed by atoms with Gasteiger partial charge in [-0.25, -0.2) is 0 Å². The Hall–Kier alpha value is -0.740. The molecule has 1 N–H and O–H groups in total. The van der Waals surface area contributed by atoms with Gasteiger partial charge in [0.25, 0.3) is 0 Å². The van der Waals surface area contributed by atoms with Gasteiger partial charge in [0.05, 0.1) is 23.7 Å². The molecule has 0 amide bonds. The molecule has 1 unspecified atom stereocenters. The van der Waals surface area contributed by atoms with Crippen LogP contribution in [-0.4, -0.2) is 34.7 Å². The van der Waals surface area contributed by atoms with Gasteiger partial charge in [-0.1, -0.05) is 6.92 Å². The molecular formula is C13H20N2OS. The van der Waals surface area contributed by atoms with E-state index in [1.54, 1.807) is 0 Å². The molecule has 2 rings (SSSR count). The number of hydrogen-bond acceptors (Lipinski definition) is 4. The van der Waals surface area contributed by atoms with Crippen LogP contribution in [0.4, 0.5) is 5.69 Å². The minimum Gasteiger partial charge on any atom is -0.387 e. The minimum absolute atomic E-state index is 0.434. The molecule has 1 aliphatic heterocycles. The van der Waals surface area contributed by atoms with Crippen molar-refractivity contribution in [1.29, 1.82) is 0 Å². The fraction of sp³-hybridized carbons (Fsp3) is 0.615. The van der Waals surface area contributed by atoms with Crippen molar-refractivity contribution in [1.82, 2.24) is 4.98 Å². The molecule has 1 aliphatic rings. The zero-order chi connectivity index (χ0) is 12.3. The number of thioether (sulfide) groups is 1. The second kappa shape index (κ2) is 5.74. The number of aliphatic hydroxyl groups excluding tert-OH is 1. The molecule has 1 saturated heterocycles. The summed E-state index contributed by atoms with van der Waals surface area (Å²) >= 11 is 2.01. The van der Waals surface area contributed by atoms with Crippen LogP contribution in [0.1, 0.15) is 31.6 Å². The number of pyridine rings is 1. The van der Waals surface area contributed by atoms with E-state index in [0.29, 0.717) is 12.5 Å². The van der Waals surface area contributed by atoms with Gasteiger partial charge in [0.1, 0.15) is 0 Å². The highest BCUT2D eigenvalue weighted by Crippen LogP contribution is 2.26. The van der Waals surface area contributed by atoms with E-state index < -0.39 is 6.10 Å². The Morgan fingerprint density at radius 1 is 1.59 bits per heavy atom. The van der Waals surface area contributed by atoms with Crippen molar-refractivity contribution in [3.63, 3.8) is 0 Å². The third-order valence-corrected chi connectivity index (χ3v) is 4.50. The third kappa shape index (κ3) is 2.93. The normalized spacial score (nSPS) is 21.5. The van der Waals surface area contributed by atoms with Crippen LogP contribution in [0.15, 0.2) is 18.3 Å². The van der Waals surface area contributed by atoms with E-state index in [1.165, 1.54) is 17.9 Å². The number of nitrogens with zero attached hydrogens (tertiary/aromatic N) is 2. The van der Waals surface area contributed by atoms with E-state index in [4.69, 9.17) is 0 Å². The first kappa shape index (κ1) is 12.7. The smallest absolute Gasteiger partial charge is 0.0957 e. The topological polar surface area (TPSA) is 36.4 Å². The van der Waals surface area contributed by atoms with Gasteiger partial charge < -0.3 is 10.0 Å². The van der Waals surface area contributed by atoms with Gasteiger partial charge in [0, 0.05) is 18.8 Å². The monoisotopic (exact) mass is 252 g/mol. The summed E-state index contributed by atoms with van der Waals surface area (Å²) in [6, 6.07) is 4.62.